The zero-order chi connectivity index (χ0) is 20.4. The van der Waals surface area contributed by atoms with E-state index >= 15 is 0 Å². The van der Waals surface area contributed by atoms with Crippen molar-refractivity contribution in [3.63, 3.8) is 0 Å². The normalized spacial score (nSPS) is 10.1. The number of aryl methyl sites for hydroxylation is 1. The molecule has 0 unspecified atom stereocenters. The van der Waals surface area contributed by atoms with Crippen LogP contribution in [-0.2, 0) is 9.59 Å². The van der Waals surface area contributed by atoms with Crippen molar-refractivity contribution in [3.8, 4) is 5.75 Å². The molecule has 2 aromatic rings. The van der Waals surface area contributed by atoms with E-state index in [4.69, 9.17) is 17.0 Å². The van der Waals surface area contributed by atoms with E-state index in [2.05, 4.69) is 16.0 Å². The summed E-state index contributed by atoms with van der Waals surface area (Å²) < 4.78 is 5.50. The quantitative estimate of drug-likeness (QED) is 0.585. The molecule has 0 spiro atoms. The van der Waals surface area contributed by atoms with Gasteiger partial charge in [-0.1, -0.05) is 37.6 Å². The van der Waals surface area contributed by atoms with Gasteiger partial charge in [0.1, 0.15) is 5.75 Å². The summed E-state index contributed by atoms with van der Waals surface area (Å²) in [6.45, 7) is 3.81. The zero-order valence-electron chi connectivity index (χ0n) is 16.1. The minimum Gasteiger partial charge on any atom is -0.483 e. The molecule has 2 aromatic carbocycles. The third-order valence-electron chi connectivity index (χ3n) is 3.87. The van der Waals surface area contributed by atoms with Crippen molar-refractivity contribution in [2.24, 2.45) is 0 Å². The average Bonchev–Trinajstić information content (AvgIpc) is 2.66. The van der Waals surface area contributed by atoms with E-state index in [0.717, 1.165) is 18.4 Å². The Bertz CT molecular complexity index is 839. The number of ether oxygens (including phenoxy) is 1. The summed E-state index contributed by atoms with van der Waals surface area (Å²) in [6, 6.07) is 14.6. The maximum atomic E-state index is 12.0. The molecule has 0 saturated heterocycles. The highest BCUT2D eigenvalue weighted by molar-refractivity contribution is 7.80. The second kappa shape index (κ2) is 11.0. The van der Waals surface area contributed by atoms with Gasteiger partial charge >= 0.3 is 0 Å². The molecule has 0 radical (unpaired) electrons. The molecule has 0 saturated carbocycles. The third kappa shape index (κ3) is 7.36. The number of para-hydroxylation sites is 1. The molecule has 0 aromatic heterocycles. The second-order valence-corrected chi connectivity index (χ2v) is 6.70. The minimum atomic E-state index is -0.357. The van der Waals surface area contributed by atoms with Gasteiger partial charge in [0.25, 0.3) is 5.91 Å². The first-order valence-corrected chi connectivity index (χ1v) is 9.58. The van der Waals surface area contributed by atoms with E-state index in [1.807, 2.05) is 32.0 Å². The molecular weight excluding hydrogens is 374 g/mol. The van der Waals surface area contributed by atoms with Gasteiger partial charge in [0.05, 0.1) is 0 Å². The highest BCUT2D eigenvalue weighted by Crippen LogP contribution is 2.16. The molecule has 0 aliphatic rings. The first-order chi connectivity index (χ1) is 13.5. The Morgan fingerprint density at radius 3 is 2.43 bits per heavy atom. The Kier molecular flexibility index (Phi) is 8.42. The first-order valence-electron chi connectivity index (χ1n) is 9.17. The molecule has 28 heavy (non-hydrogen) atoms. The number of hydrogen-bond acceptors (Lipinski definition) is 4. The maximum absolute atomic E-state index is 12.0. The summed E-state index contributed by atoms with van der Waals surface area (Å²) in [5.74, 6) is 0.274. The van der Waals surface area contributed by atoms with Crippen molar-refractivity contribution < 1.29 is 14.3 Å². The lowest BCUT2D eigenvalue weighted by Gasteiger charge is -2.12. The number of amides is 2. The van der Waals surface area contributed by atoms with Gasteiger partial charge in [0.2, 0.25) is 5.91 Å². The number of anilines is 2. The van der Waals surface area contributed by atoms with E-state index in [0.29, 0.717) is 23.5 Å². The van der Waals surface area contributed by atoms with Crippen molar-refractivity contribution in [1.29, 1.82) is 0 Å². The van der Waals surface area contributed by atoms with Crippen LogP contribution in [0.3, 0.4) is 0 Å². The summed E-state index contributed by atoms with van der Waals surface area (Å²) in [7, 11) is 0. The van der Waals surface area contributed by atoms with E-state index < -0.39 is 0 Å². The first kappa shape index (κ1) is 21.4. The fraction of sp³-hybridized carbons (Fsp3) is 0.286. The monoisotopic (exact) mass is 399 g/mol. The summed E-state index contributed by atoms with van der Waals surface area (Å²) in [6.07, 6.45) is 2.31. The minimum absolute atomic E-state index is 0.0248. The van der Waals surface area contributed by atoms with Gasteiger partial charge in [0.15, 0.2) is 11.7 Å². The topological polar surface area (TPSA) is 79.5 Å². The lowest BCUT2D eigenvalue weighted by molar-refractivity contribution is -0.121. The number of benzene rings is 2. The number of carbonyl (C=O) groups excluding carboxylic acids is 2. The van der Waals surface area contributed by atoms with Crippen LogP contribution in [0.5, 0.6) is 5.75 Å². The summed E-state index contributed by atoms with van der Waals surface area (Å²) in [4.78, 5) is 23.9. The number of rotatable bonds is 8. The van der Waals surface area contributed by atoms with E-state index in [1.165, 1.54) is 0 Å². The molecule has 0 heterocycles. The Balaban J connectivity index is 1.82. The van der Waals surface area contributed by atoms with Crippen LogP contribution >= 0.6 is 12.2 Å². The molecule has 0 fully saturated rings. The number of nitrogens with one attached hydrogen (secondary N) is 3. The molecule has 0 atom stereocenters. The highest BCUT2D eigenvalue weighted by atomic mass is 32.1. The molecule has 0 aliphatic heterocycles. The van der Waals surface area contributed by atoms with Crippen LogP contribution in [0.15, 0.2) is 48.5 Å². The SMILES string of the molecule is CCCCC(=O)Nc1cccc(NC(=S)NC(=O)COc2ccccc2C)c1. The van der Waals surface area contributed by atoms with Gasteiger partial charge < -0.3 is 15.4 Å². The molecule has 3 N–H and O–H groups in total. The molecule has 2 rings (SSSR count). The Morgan fingerprint density at radius 2 is 1.71 bits per heavy atom. The number of thiocarbonyl (C=S) groups is 1. The maximum Gasteiger partial charge on any atom is 0.264 e. The third-order valence-corrected chi connectivity index (χ3v) is 4.07. The summed E-state index contributed by atoms with van der Waals surface area (Å²) >= 11 is 5.17. The van der Waals surface area contributed by atoms with Gasteiger partial charge in [-0.25, -0.2) is 0 Å². The van der Waals surface area contributed by atoms with Crippen LogP contribution in [0.4, 0.5) is 11.4 Å². The van der Waals surface area contributed by atoms with Crippen molar-refractivity contribution in [3.05, 3.63) is 54.1 Å². The summed E-state index contributed by atoms with van der Waals surface area (Å²) in [5.41, 5.74) is 2.29. The second-order valence-electron chi connectivity index (χ2n) is 6.29. The lowest BCUT2D eigenvalue weighted by Crippen LogP contribution is -2.37. The molecule has 2 amide bonds. The van der Waals surface area contributed by atoms with Crippen LogP contribution in [0.2, 0.25) is 0 Å². The fourth-order valence-corrected chi connectivity index (χ4v) is 2.65. The van der Waals surface area contributed by atoms with Crippen molar-refractivity contribution in [2.45, 2.75) is 33.1 Å². The van der Waals surface area contributed by atoms with Gasteiger partial charge in [-0.3, -0.25) is 14.9 Å². The Labute approximate surface area is 170 Å². The molecule has 7 heteroatoms. The van der Waals surface area contributed by atoms with Crippen LogP contribution < -0.4 is 20.7 Å². The van der Waals surface area contributed by atoms with E-state index in [1.54, 1.807) is 30.3 Å². The van der Waals surface area contributed by atoms with Crippen molar-refractivity contribution in [2.75, 3.05) is 17.2 Å². The van der Waals surface area contributed by atoms with E-state index in [9.17, 15) is 9.59 Å². The predicted octanol–water partition coefficient (Wildman–Crippen LogP) is 4.02. The average molecular weight is 400 g/mol. The highest BCUT2D eigenvalue weighted by Gasteiger charge is 2.08. The standard InChI is InChI=1S/C21H25N3O3S/c1-3-4-12-19(25)22-16-9-7-10-17(13-16)23-21(28)24-20(26)14-27-18-11-6-5-8-15(18)2/h5-11,13H,3-4,12,14H2,1-2H3,(H,22,25)(H2,23,24,26,28). The number of carbonyl (C=O) groups is 2. The number of unbranched alkanes of at least 4 members (excludes halogenated alkanes) is 1. The molecule has 6 nitrogen and oxygen atoms in total. The molecule has 0 bridgehead atoms. The van der Waals surface area contributed by atoms with Gasteiger partial charge in [-0.05, 0) is 55.4 Å². The zero-order valence-corrected chi connectivity index (χ0v) is 16.9. The fourth-order valence-electron chi connectivity index (χ4n) is 2.42. The van der Waals surface area contributed by atoms with E-state index in [-0.39, 0.29) is 23.5 Å². The van der Waals surface area contributed by atoms with Crippen LogP contribution in [0, 0.1) is 6.92 Å². The predicted molar refractivity (Wildman–Crippen MR) is 116 cm³/mol. The Morgan fingerprint density at radius 1 is 1.00 bits per heavy atom. The number of hydrogen-bond donors (Lipinski definition) is 3. The molecule has 0 aliphatic carbocycles. The molecule has 148 valence electrons. The van der Waals surface area contributed by atoms with Crippen molar-refractivity contribution >= 4 is 40.5 Å². The Hall–Kier alpha value is -2.93. The van der Waals surface area contributed by atoms with Crippen LogP contribution in [-0.4, -0.2) is 23.5 Å². The van der Waals surface area contributed by atoms with Crippen molar-refractivity contribution in [1.82, 2.24) is 5.32 Å². The van der Waals surface area contributed by atoms with Gasteiger partial charge in [-0.2, -0.15) is 0 Å². The summed E-state index contributed by atoms with van der Waals surface area (Å²) in [5, 5.41) is 8.51. The van der Waals surface area contributed by atoms with Crippen LogP contribution in [0.25, 0.3) is 0 Å². The lowest BCUT2D eigenvalue weighted by atomic mass is 10.2. The molecular formula is C21H25N3O3S. The smallest absolute Gasteiger partial charge is 0.264 e. The largest absolute Gasteiger partial charge is 0.483 e. The van der Waals surface area contributed by atoms with Gasteiger partial charge in [0, 0.05) is 17.8 Å². The van der Waals surface area contributed by atoms with Crippen LogP contribution in [0.1, 0.15) is 31.7 Å². The van der Waals surface area contributed by atoms with Gasteiger partial charge in [-0.15, -0.1) is 0 Å².